The Morgan fingerprint density at radius 2 is 1.87 bits per heavy atom. The first-order chi connectivity index (χ1) is 14.6. The molecule has 0 spiro atoms. The fourth-order valence-electron chi connectivity index (χ4n) is 5.67. The SMILES string of the molecule is O=C(NC1CCN(CCN2C3CCC2CC(O)C3)CC1)c1cc2c(Br)cccc2[nH]1. The highest BCUT2D eigenvalue weighted by molar-refractivity contribution is 9.10. The standard InChI is InChI=1S/C23H31BrN4O2/c24-20-2-1-3-21-19(20)14-22(26-21)23(30)25-15-6-8-27(9-7-15)10-11-28-16-4-5-17(28)13-18(29)12-16/h1-3,14-18,26,29H,4-13H2,(H,25,30). The van der Waals surface area contributed by atoms with Crippen molar-refractivity contribution >= 4 is 32.7 Å². The lowest BCUT2D eigenvalue weighted by Crippen LogP contribution is -2.50. The Morgan fingerprint density at radius 3 is 2.57 bits per heavy atom. The number of carbonyl (C=O) groups is 1. The van der Waals surface area contributed by atoms with E-state index >= 15 is 0 Å². The number of halogens is 1. The summed E-state index contributed by atoms with van der Waals surface area (Å²) in [6.07, 6.45) is 6.32. The summed E-state index contributed by atoms with van der Waals surface area (Å²) >= 11 is 3.55. The zero-order valence-corrected chi connectivity index (χ0v) is 18.9. The largest absolute Gasteiger partial charge is 0.393 e. The van der Waals surface area contributed by atoms with Gasteiger partial charge in [-0.05, 0) is 56.7 Å². The van der Waals surface area contributed by atoms with E-state index in [4.69, 9.17) is 0 Å². The summed E-state index contributed by atoms with van der Waals surface area (Å²) in [6, 6.07) is 9.30. The van der Waals surface area contributed by atoms with E-state index in [-0.39, 0.29) is 18.1 Å². The summed E-state index contributed by atoms with van der Waals surface area (Å²) in [5.41, 5.74) is 1.60. The normalized spacial score (nSPS) is 28.3. The Hall–Kier alpha value is -1.41. The molecule has 2 aromatic rings. The Labute approximate surface area is 186 Å². The lowest BCUT2D eigenvalue weighted by molar-refractivity contribution is 0.0284. The number of likely N-dealkylation sites (tertiary alicyclic amines) is 1. The highest BCUT2D eigenvalue weighted by atomic mass is 79.9. The zero-order chi connectivity index (χ0) is 20.7. The van der Waals surface area contributed by atoms with Gasteiger partial charge in [0.1, 0.15) is 5.69 Å². The van der Waals surface area contributed by atoms with Gasteiger partial charge in [0.25, 0.3) is 5.91 Å². The number of aromatic amines is 1. The molecule has 2 atom stereocenters. The number of H-pyrrole nitrogens is 1. The summed E-state index contributed by atoms with van der Waals surface area (Å²) in [7, 11) is 0. The molecule has 7 heteroatoms. The van der Waals surface area contributed by atoms with Gasteiger partial charge in [0.2, 0.25) is 0 Å². The molecular formula is C23H31BrN4O2. The average molecular weight is 475 g/mol. The van der Waals surface area contributed by atoms with E-state index in [0.29, 0.717) is 17.8 Å². The minimum absolute atomic E-state index is 0.0139. The van der Waals surface area contributed by atoms with Crippen LogP contribution in [0.4, 0.5) is 0 Å². The van der Waals surface area contributed by atoms with Gasteiger partial charge in [-0.1, -0.05) is 22.0 Å². The molecule has 0 saturated carbocycles. The molecule has 2 unspecified atom stereocenters. The van der Waals surface area contributed by atoms with Crippen LogP contribution in [0.5, 0.6) is 0 Å². The van der Waals surface area contributed by atoms with Gasteiger partial charge in [0.05, 0.1) is 6.10 Å². The molecular weight excluding hydrogens is 444 g/mol. The first-order valence-corrected chi connectivity index (χ1v) is 12.1. The van der Waals surface area contributed by atoms with Crippen LogP contribution < -0.4 is 5.32 Å². The molecule has 2 bridgehead atoms. The number of aliphatic hydroxyl groups excluding tert-OH is 1. The van der Waals surface area contributed by atoms with Crippen molar-refractivity contribution < 1.29 is 9.90 Å². The number of piperidine rings is 2. The predicted octanol–water partition coefficient (Wildman–Crippen LogP) is 3.11. The van der Waals surface area contributed by atoms with Gasteiger partial charge in [0, 0.05) is 59.7 Å². The lowest BCUT2D eigenvalue weighted by atomic mass is 10.00. The third-order valence-corrected chi connectivity index (χ3v) is 8.00. The molecule has 1 amide bonds. The maximum absolute atomic E-state index is 12.7. The topological polar surface area (TPSA) is 71.6 Å². The van der Waals surface area contributed by atoms with Crippen molar-refractivity contribution in [2.75, 3.05) is 26.2 Å². The Bertz CT molecular complexity index is 894. The maximum Gasteiger partial charge on any atom is 0.267 e. The Balaban J connectivity index is 1.09. The third kappa shape index (κ3) is 4.17. The first kappa shape index (κ1) is 20.5. The van der Waals surface area contributed by atoms with Crippen LogP contribution in [0.15, 0.2) is 28.7 Å². The van der Waals surface area contributed by atoms with E-state index < -0.39 is 0 Å². The molecule has 0 radical (unpaired) electrons. The van der Waals surface area contributed by atoms with Crippen LogP contribution in [0, 0.1) is 0 Å². The number of aliphatic hydroxyl groups is 1. The number of rotatable bonds is 5. The molecule has 0 aliphatic carbocycles. The number of benzene rings is 1. The van der Waals surface area contributed by atoms with E-state index in [1.54, 1.807) is 0 Å². The van der Waals surface area contributed by atoms with E-state index in [1.165, 1.54) is 12.8 Å². The van der Waals surface area contributed by atoms with E-state index in [0.717, 1.165) is 67.2 Å². The van der Waals surface area contributed by atoms with Crippen LogP contribution in [-0.4, -0.2) is 76.2 Å². The summed E-state index contributed by atoms with van der Waals surface area (Å²) in [5.74, 6) is -0.0139. The zero-order valence-electron chi connectivity index (χ0n) is 17.3. The number of hydrogen-bond donors (Lipinski definition) is 3. The third-order valence-electron chi connectivity index (χ3n) is 7.31. The highest BCUT2D eigenvalue weighted by Crippen LogP contribution is 2.35. The van der Waals surface area contributed by atoms with Crippen molar-refractivity contribution in [3.63, 3.8) is 0 Å². The number of nitrogens with one attached hydrogen (secondary N) is 2. The monoisotopic (exact) mass is 474 g/mol. The maximum atomic E-state index is 12.7. The molecule has 3 saturated heterocycles. The van der Waals surface area contributed by atoms with Gasteiger partial charge in [0.15, 0.2) is 0 Å². The van der Waals surface area contributed by atoms with Crippen LogP contribution in [0.3, 0.4) is 0 Å². The number of hydrogen-bond acceptors (Lipinski definition) is 4. The van der Waals surface area contributed by atoms with E-state index in [2.05, 4.69) is 36.0 Å². The predicted molar refractivity (Wildman–Crippen MR) is 122 cm³/mol. The molecule has 1 aromatic heterocycles. The second-order valence-electron chi connectivity index (χ2n) is 9.22. The van der Waals surface area contributed by atoms with Crippen LogP contribution >= 0.6 is 15.9 Å². The van der Waals surface area contributed by atoms with Crippen molar-refractivity contribution in [2.45, 2.75) is 62.8 Å². The molecule has 1 aromatic carbocycles. The minimum atomic E-state index is -0.0866. The molecule has 6 nitrogen and oxygen atoms in total. The van der Waals surface area contributed by atoms with Gasteiger partial charge in [-0.2, -0.15) is 0 Å². The molecule has 3 aliphatic rings. The number of fused-ring (bicyclic) bond motifs is 3. The second kappa shape index (κ2) is 8.61. The first-order valence-electron chi connectivity index (χ1n) is 11.3. The molecule has 3 fully saturated rings. The number of amides is 1. The van der Waals surface area contributed by atoms with Crippen LogP contribution in [0.2, 0.25) is 0 Å². The highest BCUT2D eigenvalue weighted by Gasteiger charge is 2.39. The Kier molecular flexibility index (Phi) is 5.88. The molecule has 4 heterocycles. The van der Waals surface area contributed by atoms with Crippen LogP contribution in [-0.2, 0) is 0 Å². The smallest absolute Gasteiger partial charge is 0.267 e. The minimum Gasteiger partial charge on any atom is -0.393 e. The number of carbonyl (C=O) groups excluding carboxylic acids is 1. The molecule has 3 aliphatic heterocycles. The summed E-state index contributed by atoms with van der Waals surface area (Å²) in [5, 5.41) is 14.2. The summed E-state index contributed by atoms with van der Waals surface area (Å²) in [6.45, 7) is 4.28. The van der Waals surface area contributed by atoms with Crippen molar-refractivity contribution in [3.05, 3.63) is 34.4 Å². The van der Waals surface area contributed by atoms with Gasteiger partial charge >= 0.3 is 0 Å². The van der Waals surface area contributed by atoms with Crippen molar-refractivity contribution in [1.29, 1.82) is 0 Å². The van der Waals surface area contributed by atoms with Gasteiger partial charge in [-0.15, -0.1) is 0 Å². The lowest BCUT2D eigenvalue weighted by Gasteiger charge is -2.39. The van der Waals surface area contributed by atoms with Crippen molar-refractivity contribution in [2.24, 2.45) is 0 Å². The average Bonchev–Trinajstić information content (AvgIpc) is 3.28. The summed E-state index contributed by atoms with van der Waals surface area (Å²) < 4.78 is 1.00. The van der Waals surface area contributed by atoms with Crippen LogP contribution in [0.25, 0.3) is 10.9 Å². The second-order valence-corrected chi connectivity index (χ2v) is 10.1. The van der Waals surface area contributed by atoms with Gasteiger partial charge in [-0.3, -0.25) is 9.69 Å². The van der Waals surface area contributed by atoms with E-state index in [1.807, 2.05) is 24.3 Å². The Morgan fingerprint density at radius 1 is 1.13 bits per heavy atom. The molecule has 3 N–H and O–H groups in total. The molecule has 162 valence electrons. The van der Waals surface area contributed by atoms with Crippen molar-refractivity contribution in [3.8, 4) is 0 Å². The quantitative estimate of drug-likeness (QED) is 0.622. The fourth-order valence-corrected chi connectivity index (χ4v) is 6.15. The molecule has 30 heavy (non-hydrogen) atoms. The number of nitrogens with zero attached hydrogens (tertiary/aromatic N) is 2. The van der Waals surface area contributed by atoms with E-state index in [9.17, 15) is 9.90 Å². The van der Waals surface area contributed by atoms with Crippen LogP contribution in [0.1, 0.15) is 49.0 Å². The fraction of sp³-hybridized carbons (Fsp3) is 0.609. The summed E-state index contributed by atoms with van der Waals surface area (Å²) in [4.78, 5) is 21.1. The molecule has 5 rings (SSSR count). The van der Waals surface area contributed by atoms with Crippen molar-refractivity contribution in [1.82, 2.24) is 20.1 Å². The number of aromatic nitrogens is 1. The van der Waals surface area contributed by atoms with Gasteiger partial charge in [-0.25, -0.2) is 0 Å². The van der Waals surface area contributed by atoms with Gasteiger partial charge < -0.3 is 20.3 Å².